The van der Waals surface area contributed by atoms with Gasteiger partial charge >= 0.3 is 6.18 Å². The van der Waals surface area contributed by atoms with Crippen LogP contribution in [0.3, 0.4) is 0 Å². The molecule has 10 heteroatoms. The maximum absolute atomic E-state index is 12.7. The lowest BCUT2D eigenvalue weighted by molar-refractivity contribution is -0.137. The average molecular weight is 434 g/mol. The van der Waals surface area contributed by atoms with Crippen LogP contribution >= 0.6 is 0 Å². The van der Waals surface area contributed by atoms with Crippen molar-refractivity contribution in [3.63, 3.8) is 0 Å². The number of anilines is 2. The highest BCUT2D eigenvalue weighted by Gasteiger charge is 2.30. The molecule has 6 nitrogen and oxygen atoms in total. The molecular weight excluding hydrogens is 421 g/mol. The lowest BCUT2D eigenvalue weighted by Gasteiger charge is -2.11. The first-order valence-corrected chi connectivity index (χ1v) is 10.0. The highest BCUT2D eigenvalue weighted by atomic mass is 32.2. The summed E-state index contributed by atoms with van der Waals surface area (Å²) in [5.74, 6) is -0.392. The molecule has 0 spiro atoms. The summed E-state index contributed by atoms with van der Waals surface area (Å²) in [6.45, 7) is 0. The summed E-state index contributed by atoms with van der Waals surface area (Å²) in [6, 6.07) is 9.35. The van der Waals surface area contributed by atoms with E-state index in [1.54, 1.807) is 12.1 Å². The Labute approximate surface area is 169 Å². The third kappa shape index (κ3) is 3.81. The molecule has 0 aliphatic carbocycles. The molecule has 2 heterocycles. The van der Waals surface area contributed by atoms with E-state index in [2.05, 4.69) is 10.0 Å². The summed E-state index contributed by atoms with van der Waals surface area (Å²) in [5, 5.41) is 2.65. The number of halogens is 3. The standard InChI is InChI=1S/C20H13F3N2O4S/c21-20(22,23)13-1-3-14(4-2-13)25-30(27,28)15-5-6-18-16(10-15)17(19(26)24-18)9-12-7-8-29-11-12/h1-11,25H,(H,24,26). The van der Waals surface area contributed by atoms with Crippen LogP contribution in [0.5, 0.6) is 0 Å². The largest absolute Gasteiger partial charge is 0.472 e. The van der Waals surface area contributed by atoms with Crippen molar-refractivity contribution in [1.29, 1.82) is 0 Å². The summed E-state index contributed by atoms with van der Waals surface area (Å²) in [4.78, 5) is 12.1. The van der Waals surface area contributed by atoms with Gasteiger partial charge in [-0.1, -0.05) is 0 Å². The first-order valence-electron chi connectivity index (χ1n) is 8.53. The van der Waals surface area contributed by atoms with Crippen LogP contribution < -0.4 is 10.0 Å². The Morgan fingerprint density at radius 1 is 1.03 bits per heavy atom. The Morgan fingerprint density at radius 2 is 1.77 bits per heavy atom. The van der Waals surface area contributed by atoms with E-state index in [1.807, 2.05) is 0 Å². The van der Waals surface area contributed by atoms with Gasteiger partial charge in [-0.15, -0.1) is 0 Å². The maximum Gasteiger partial charge on any atom is 0.416 e. The van der Waals surface area contributed by atoms with Crippen LogP contribution in [0.15, 0.2) is 70.4 Å². The molecule has 0 fully saturated rings. The monoisotopic (exact) mass is 434 g/mol. The van der Waals surface area contributed by atoms with Crippen molar-refractivity contribution in [1.82, 2.24) is 0 Å². The Hall–Kier alpha value is -3.53. The fourth-order valence-corrected chi connectivity index (χ4v) is 4.03. The molecule has 3 aromatic rings. The van der Waals surface area contributed by atoms with Gasteiger partial charge in [-0.2, -0.15) is 13.2 Å². The number of alkyl halides is 3. The van der Waals surface area contributed by atoms with E-state index >= 15 is 0 Å². The maximum atomic E-state index is 12.7. The molecule has 154 valence electrons. The van der Waals surface area contributed by atoms with Gasteiger partial charge in [0.15, 0.2) is 0 Å². The highest BCUT2D eigenvalue weighted by molar-refractivity contribution is 7.92. The number of hydrogen-bond acceptors (Lipinski definition) is 4. The Bertz CT molecular complexity index is 1250. The Morgan fingerprint density at radius 3 is 2.40 bits per heavy atom. The molecular formula is C20H13F3N2O4S. The number of carbonyl (C=O) groups excluding carboxylic acids is 1. The van der Waals surface area contributed by atoms with Gasteiger partial charge in [0.2, 0.25) is 0 Å². The number of nitrogens with one attached hydrogen (secondary N) is 2. The molecule has 0 unspecified atom stereocenters. The van der Waals surface area contributed by atoms with Crippen LogP contribution in [-0.2, 0) is 21.0 Å². The van der Waals surface area contributed by atoms with Gasteiger partial charge in [-0.05, 0) is 54.6 Å². The lowest BCUT2D eigenvalue weighted by atomic mass is 10.1. The molecule has 0 radical (unpaired) electrons. The molecule has 2 N–H and O–H groups in total. The number of sulfonamides is 1. The van der Waals surface area contributed by atoms with Crippen molar-refractivity contribution in [2.75, 3.05) is 10.0 Å². The van der Waals surface area contributed by atoms with Gasteiger partial charge < -0.3 is 9.73 Å². The molecule has 0 atom stereocenters. The van der Waals surface area contributed by atoms with Crippen LogP contribution in [-0.4, -0.2) is 14.3 Å². The molecule has 0 saturated heterocycles. The highest BCUT2D eigenvalue weighted by Crippen LogP contribution is 2.35. The number of furan rings is 1. The molecule has 2 aromatic carbocycles. The van der Waals surface area contributed by atoms with Gasteiger partial charge in [-0.3, -0.25) is 9.52 Å². The third-order valence-corrected chi connectivity index (χ3v) is 5.78. The van der Waals surface area contributed by atoms with Crippen molar-refractivity contribution >= 4 is 39.0 Å². The Kier molecular flexibility index (Phi) is 4.65. The van der Waals surface area contributed by atoms with Gasteiger partial charge in [0.1, 0.15) is 0 Å². The van der Waals surface area contributed by atoms with Crippen LogP contribution in [0.25, 0.3) is 11.6 Å². The predicted octanol–water partition coefficient (Wildman–Crippen LogP) is 4.59. The van der Waals surface area contributed by atoms with E-state index in [4.69, 9.17) is 4.42 Å². The van der Waals surface area contributed by atoms with Crippen molar-refractivity contribution in [3.8, 4) is 0 Å². The minimum absolute atomic E-state index is 0.0214. The summed E-state index contributed by atoms with van der Waals surface area (Å²) >= 11 is 0. The summed E-state index contributed by atoms with van der Waals surface area (Å²) < 4.78 is 70.7. The van der Waals surface area contributed by atoms with E-state index in [9.17, 15) is 26.4 Å². The molecule has 1 aromatic heterocycles. The predicted molar refractivity (Wildman–Crippen MR) is 104 cm³/mol. The summed E-state index contributed by atoms with van der Waals surface area (Å²) in [7, 11) is -4.10. The molecule has 0 bridgehead atoms. The van der Waals surface area contributed by atoms with Crippen molar-refractivity contribution in [3.05, 3.63) is 77.7 Å². The molecule has 30 heavy (non-hydrogen) atoms. The van der Waals surface area contributed by atoms with E-state index in [-0.39, 0.29) is 16.2 Å². The smallest absolute Gasteiger partial charge is 0.416 e. The summed E-state index contributed by atoms with van der Waals surface area (Å²) in [6.07, 6.45) is -0.0843. The van der Waals surface area contributed by atoms with Crippen LogP contribution in [0.4, 0.5) is 24.5 Å². The zero-order chi connectivity index (χ0) is 21.5. The lowest BCUT2D eigenvalue weighted by Crippen LogP contribution is -2.13. The molecule has 1 amide bonds. The van der Waals surface area contributed by atoms with Crippen molar-refractivity contribution < 1.29 is 30.8 Å². The zero-order valence-electron chi connectivity index (χ0n) is 15.0. The minimum atomic E-state index is -4.52. The second kappa shape index (κ2) is 7.06. The number of hydrogen-bond donors (Lipinski definition) is 2. The third-order valence-electron chi connectivity index (χ3n) is 4.40. The summed E-state index contributed by atoms with van der Waals surface area (Å²) in [5.41, 5.74) is 0.815. The first kappa shape index (κ1) is 19.8. The normalized spacial score (nSPS) is 15.2. The van der Waals surface area contributed by atoms with Crippen LogP contribution in [0, 0.1) is 0 Å². The van der Waals surface area contributed by atoms with Gasteiger partial charge in [-0.25, -0.2) is 8.42 Å². The number of benzene rings is 2. The van der Waals surface area contributed by atoms with Crippen LogP contribution in [0.1, 0.15) is 16.7 Å². The average Bonchev–Trinajstić information content (AvgIpc) is 3.29. The Balaban J connectivity index is 1.65. The second-order valence-electron chi connectivity index (χ2n) is 6.46. The minimum Gasteiger partial charge on any atom is -0.472 e. The van der Waals surface area contributed by atoms with E-state index in [0.717, 1.165) is 24.3 Å². The molecule has 0 saturated carbocycles. The molecule has 4 rings (SSSR count). The zero-order valence-corrected chi connectivity index (χ0v) is 15.8. The quantitative estimate of drug-likeness (QED) is 0.588. The molecule has 1 aliphatic rings. The molecule has 1 aliphatic heterocycles. The number of amides is 1. The van der Waals surface area contributed by atoms with Gasteiger partial charge in [0, 0.05) is 28.1 Å². The number of carbonyl (C=O) groups is 1. The fourth-order valence-electron chi connectivity index (χ4n) is 2.94. The van der Waals surface area contributed by atoms with Gasteiger partial charge in [0.05, 0.1) is 23.0 Å². The number of rotatable bonds is 4. The van der Waals surface area contributed by atoms with Gasteiger partial charge in [0.25, 0.3) is 15.9 Å². The topological polar surface area (TPSA) is 88.4 Å². The van der Waals surface area contributed by atoms with Crippen molar-refractivity contribution in [2.24, 2.45) is 0 Å². The first-order chi connectivity index (χ1) is 14.1. The SMILES string of the molecule is O=C1Nc2ccc(S(=O)(=O)Nc3ccc(C(F)(F)F)cc3)cc2C1=Cc1ccoc1. The van der Waals surface area contributed by atoms with Crippen molar-refractivity contribution in [2.45, 2.75) is 11.1 Å². The number of fused-ring (bicyclic) bond motifs is 1. The van der Waals surface area contributed by atoms with Crippen LogP contribution in [0.2, 0.25) is 0 Å². The van der Waals surface area contributed by atoms with E-state index < -0.39 is 27.7 Å². The second-order valence-corrected chi connectivity index (χ2v) is 8.14. The fraction of sp³-hybridized carbons (Fsp3) is 0.0500. The van der Waals surface area contributed by atoms with E-state index in [0.29, 0.717) is 16.8 Å². The van der Waals surface area contributed by atoms with E-state index in [1.165, 1.54) is 30.7 Å².